The van der Waals surface area contributed by atoms with Crippen molar-refractivity contribution >= 4 is 0 Å². The molecule has 2 N–H and O–H groups in total. The Morgan fingerprint density at radius 3 is 2.41 bits per heavy atom. The van der Waals surface area contributed by atoms with Gasteiger partial charge >= 0.3 is 0 Å². The van der Waals surface area contributed by atoms with Gasteiger partial charge in [0.05, 0.1) is 5.60 Å². The van der Waals surface area contributed by atoms with Crippen molar-refractivity contribution in [2.24, 2.45) is 28.6 Å². The van der Waals surface area contributed by atoms with Crippen LogP contribution in [0.5, 0.6) is 0 Å². The number of fused-ring (bicyclic) bond motifs is 3. The fourth-order valence-corrected chi connectivity index (χ4v) is 5.10. The first kappa shape index (κ1) is 12.0. The van der Waals surface area contributed by atoms with Crippen molar-refractivity contribution in [2.75, 3.05) is 6.61 Å². The van der Waals surface area contributed by atoms with Gasteiger partial charge in [0.25, 0.3) is 0 Å². The molecular formula is C15H26O2. The zero-order chi connectivity index (χ0) is 12.5. The second-order valence-electron chi connectivity index (χ2n) is 7.97. The van der Waals surface area contributed by atoms with Crippen molar-refractivity contribution in [2.45, 2.75) is 58.5 Å². The summed E-state index contributed by atoms with van der Waals surface area (Å²) in [5.41, 5.74) is 0.00977. The van der Waals surface area contributed by atoms with Crippen LogP contribution in [0.2, 0.25) is 0 Å². The molecule has 3 aliphatic carbocycles. The Bertz CT molecular complexity index is 334. The van der Waals surface area contributed by atoms with Crippen LogP contribution in [0.3, 0.4) is 0 Å². The minimum Gasteiger partial charge on any atom is -0.396 e. The van der Waals surface area contributed by atoms with Gasteiger partial charge in [-0.3, -0.25) is 0 Å². The van der Waals surface area contributed by atoms with Gasteiger partial charge in [0.15, 0.2) is 0 Å². The van der Waals surface area contributed by atoms with Gasteiger partial charge in [-0.15, -0.1) is 0 Å². The van der Waals surface area contributed by atoms with Gasteiger partial charge in [0, 0.05) is 6.61 Å². The van der Waals surface area contributed by atoms with Crippen LogP contribution in [0, 0.1) is 28.6 Å². The minimum absolute atomic E-state index is 0.179. The van der Waals surface area contributed by atoms with Gasteiger partial charge in [-0.05, 0) is 67.6 Å². The first-order valence-corrected chi connectivity index (χ1v) is 7.14. The van der Waals surface area contributed by atoms with Gasteiger partial charge in [0.2, 0.25) is 0 Å². The summed E-state index contributed by atoms with van der Waals surface area (Å²) in [5.74, 6) is 1.68. The molecule has 0 saturated heterocycles. The number of aliphatic hydroxyl groups is 2. The largest absolute Gasteiger partial charge is 0.396 e. The van der Waals surface area contributed by atoms with E-state index in [1.807, 2.05) is 6.92 Å². The van der Waals surface area contributed by atoms with Crippen LogP contribution in [0.4, 0.5) is 0 Å². The Morgan fingerprint density at radius 1 is 1.06 bits per heavy atom. The highest BCUT2D eigenvalue weighted by Gasteiger charge is 2.66. The fraction of sp³-hybridized carbons (Fsp3) is 1.00. The van der Waals surface area contributed by atoms with Gasteiger partial charge in [-0.1, -0.05) is 13.8 Å². The van der Waals surface area contributed by atoms with Crippen molar-refractivity contribution in [1.82, 2.24) is 0 Å². The van der Waals surface area contributed by atoms with Crippen molar-refractivity contribution in [3.8, 4) is 0 Å². The van der Waals surface area contributed by atoms with Crippen molar-refractivity contribution in [3.63, 3.8) is 0 Å². The Labute approximate surface area is 104 Å². The predicted molar refractivity (Wildman–Crippen MR) is 67.5 cm³/mol. The second-order valence-corrected chi connectivity index (χ2v) is 7.97. The molecule has 3 fully saturated rings. The summed E-state index contributed by atoms with van der Waals surface area (Å²) >= 11 is 0. The van der Waals surface area contributed by atoms with E-state index in [4.69, 9.17) is 0 Å². The molecule has 3 aliphatic rings. The molecule has 0 aliphatic heterocycles. The van der Waals surface area contributed by atoms with Gasteiger partial charge in [0.1, 0.15) is 0 Å². The van der Waals surface area contributed by atoms with E-state index >= 15 is 0 Å². The molecule has 3 rings (SSSR count). The SMILES string of the molecule is CC1(C)C[C@H]2C[C@@]2(CO)[C@@H]2CC[C@@](C)(O)[C@H]2C1. The smallest absolute Gasteiger partial charge is 0.0651 e. The molecule has 98 valence electrons. The lowest BCUT2D eigenvalue weighted by atomic mass is 9.72. The van der Waals surface area contributed by atoms with Crippen molar-refractivity contribution in [3.05, 3.63) is 0 Å². The fourth-order valence-electron chi connectivity index (χ4n) is 5.10. The second kappa shape index (κ2) is 3.27. The van der Waals surface area contributed by atoms with Crippen LogP contribution in [-0.4, -0.2) is 22.4 Å². The van der Waals surface area contributed by atoms with Crippen LogP contribution in [0.15, 0.2) is 0 Å². The van der Waals surface area contributed by atoms with E-state index in [1.54, 1.807) is 0 Å². The summed E-state index contributed by atoms with van der Waals surface area (Å²) in [7, 11) is 0. The summed E-state index contributed by atoms with van der Waals surface area (Å²) in [4.78, 5) is 0. The third-order valence-electron chi connectivity index (χ3n) is 6.13. The highest BCUT2D eigenvalue weighted by molar-refractivity contribution is 5.15. The monoisotopic (exact) mass is 238 g/mol. The third-order valence-corrected chi connectivity index (χ3v) is 6.13. The maximum atomic E-state index is 10.6. The highest BCUT2D eigenvalue weighted by Crippen LogP contribution is 2.70. The average Bonchev–Trinajstić information content (AvgIpc) is 2.82. The van der Waals surface area contributed by atoms with Crippen LogP contribution < -0.4 is 0 Å². The molecule has 2 heteroatoms. The number of hydrogen-bond acceptors (Lipinski definition) is 2. The standard InChI is InChI=1S/C15H26O2/c1-13(2)6-10-7-15(10,9-16)11-4-5-14(3,17)12(11)8-13/h10-12,16-17H,4-9H2,1-3H3/t10-,11+,12-,14+,15-/m0/s1. The summed E-state index contributed by atoms with van der Waals surface area (Å²) in [6, 6.07) is 0. The van der Waals surface area contributed by atoms with Gasteiger partial charge in [-0.2, -0.15) is 0 Å². The molecule has 0 heterocycles. The summed E-state index contributed by atoms with van der Waals surface area (Å²) in [5, 5.41) is 20.4. The molecule has 0 aromatic rings. The molecule has 3 saturated carbocycles. The number of rotatable bonds is 1. The van der Waals surface area contributed by atoms with Crippen LogP contribution in [-0.2, 0) is 0 Å². The lowest BCUT2D eigenvalue weighted by Gasteiger charge is -2.36. The summed E-state index contributed by atoms with van der Waals surface area (Å²) < 4.78 is 0. The topological polar surface area (TPSA) is 40.5 Å². The van der Waals surface area contributed by atoms with E-state index in [1.165, 1.54) is 12.8 Å². The first-order valence-electron chi connectivity index (χ1n) is 7.14. The van der Waals surface area contributed by atoms with Crippen LogP contribution >= 0.6 is 0 Å². The third kappa shape index (κ3) is 1.60. The zero-order valence-electron chi connectivity index (χ0n) is 11.4. The van der Waals surface area contributed by atoms with E-state index < -0.39 is 5.60 Å². The number of hydrogen-bond donors (Lipinski definition) is 2. The summed E-state index contributed by atoms with van der Waals surface area (Å²) in [6.45, 7) is 7.03. The molecule has 0 unspecified atom stereocenters. The molecule has 17 heavy (non-hydrogen) atoms. The van der Waals surface area contributed by atoms with Crippen molar-refractivity contribution in [1.29, 1.82) is 0 Å². The molecule has 0 radical (unpaired) electrons. The molecule has 0 bridgehead atoms. The first-order chi connectivity index (χ1) is 7.81. The highest BCUT2D eigenvalue weighted by atomic mass is 16.3. The molecule has 0 spiro atoms. The normalized spacial score (nSPS) is 55.9. The van der Waals surface area contributed by atoms with Crippen molar-refractivity contribution < 1.29 is 10.2 Å². The molecule has 0 aromatic heterocycles. The van der Waals surface area contributed by atoms with Crippen LogP contribution in [0.25, 0.3) is 0 Å². The van der Waals surface area contributed by atoms with Gasteiger partial charge < -0.3 is 10.2 Å². The Balaban J connectivity index is 1.97. The molecule has 2 nitrogen and oxygen atoms in total. The lowest BCUT2D eigenvalue weighted by Crippen LogP contribution is -2.37. The molecular weight excluding hydrogens is 212 g/mol. The van der Waals surface area contributed by atoms with E-state index in [0.29, 0.717) is 29.8 Å². The molecule has 0 amide bonds. The average molecular weight is 238 g/mol. The Morgan fingerprint density at radius 2 is 1.76 bits per heavy atom. The van der Waals surface area contributed by atoms with E-state index in [2.05, 4.69) is 13.8 Å². The van der Waals surface area contributed by atoms with E-state index in [0.717, 1.165) is 19.3 Å². The van der Waals surface area contributed by atoms with Crippen LogP contribution in [0.1, 0.15) is 52.9 Å². The van der Waals surface area contributed by atoms with E-state index in [-0.39, 0.29) is 5.41 Å². The Kier molecular flexibility index (Phi) is 2.30. The number of aliphatic hydroxyl groups excluding tert-OH is 1. The minimum atomic E-state index is -0.498. The molecule has 5 atom stereocenters. The maximum absolute atomic E-state index is 10.6. The zero-order valence-corrected chi connectivity index (χ0v) is 11.4. The van der Waals surface area contributed by atoms with E-state index in [9.17, 15) is 10.2 Å². The lowest BCUT2D eigenvalue weighted by molar-refractivity contribution is -0.0181. The Hall–Kier alpha value is -0.0800. The van der Waals surface area contributed by atoms with Gasteiger partial charge in [-0.25, -0.2) is 0 Å². The quantitative estimate of drug-likeness (QED) is 0.737. The predicted octanol–water partition coefficient (Wildman–Crippen LogP) is 2.58. The maximum Gasteiger partial charge on any atom is 0.0651 e. The summed E-state index contributed by atoms with van der Waals surface area (Å²) in [6.07, 6.45) is 5.60. The molecule has 0 aromatic carbocycles.